The maximum Gasteiger partial charge on any atom is 0.123 e. The van der Waals surface area contributed by atoms with Gasteiger partial charge in [-0.05, 0) is 44.0 Å². The van der Waals surface area contributed by atoms with E-state index in [1.54, 1.807) is 6.07 Å². The number of allylic oxidation sites excluding steroid dienone is 1. The van der Waals surface area contributed by atoms with Crippen LogP contribution in [0.3, 0.4) is 0 Å². The fourth-order valence-electron chi connectivity index (χ4n) is 1.64. The van der Waals surface area contributed by atoms with Crippen LogP contribution in [0.1, 0.15) is 31.7 Å². The first-order valence-corrected chi connectivity index (χ1v) is 6.50. The first-order valence-electron chi connectivity index (χ1n) is 6.50. The molecule has 18 heavy (non-hydrogen) atoms. The monoisotopic (exact) mass is 251 g/mol. The summed E-state index contributed by atoms with van der Waals surface area (Å²) in [7, 11) is 0. The second-order valence-electron chi connectivity index (χ2n) is 4.21. The van der Waals surface area contributed by atoms with Gasteiger partial charge in [0.2, 0.25) is 0 Å². The Morgan fingerprint density at radius 1 is 1.44 bits per heavy atom. The molecule has 0 aromatic heterocycles. The molecule has 0 saturated carbocycles. The minimum absolute atomic E-state index is 0.221. The molecule has 0 amide bonds. The molecule has 100 valence electrons. The standard InChI is InChI=1S/C15H22FNO/c1-3-5-6-10-18-15-8-7-14(16)11-13(15)12-17-9-4-2/h3,7-8,11,17H,1,4-6,9-10,12H2,2H3. The Balaban J connectivity index is 2.55. The molecule has 1 rings (SSSR count). The van der Waals surface area contributed by atoms with E-state index in [0.29, 0.717) is 13.2 Å². The third kappa shape index (κ3) is 5.32. The van der Waals surface area contributed by atoms with Crippen molar-refractivity contribution in [2.75, 3.05) is 13.2 Å². The summed E-state index contributed by atoms with van der Waals surface area (Å²) in [5.41, 5.74) is 0.877. The molecule has 0 bridgehead atoms. The quantitative estimate of drug-likeness (QED) is 0.534. The molecular weight excluding hydrogens is 229 g/mol. The van der Waals surface area contributed by atoms with Gasteiger partial charge < -0.3 is 10.1 Å². The normalized spacial score (nSPS) is 10.3. The smallest absolute Gasteiger partial charge is 0.123 e. The van der Waals surface area contributed by atoms with Crippen LogP contribution in [0.25, 0.3) is 0 Å². The van der Waals surface area contributed by atoms with Gasteiger partial charge in [-0.1, -0.05) is 13.0 Å². The minimum atomic E-state index is -0.221. The highest BCUT2D eigenvalue weighted by atomic mass is 19.1. The molecule has 1 aromatic rings. The topological polar surface area (TPSA) is 21.3 Å². The molecule has 0 radical (unpaired) electrons. The SMILES string of the molecule is C=CCCCOc1ccc(F)cc1CNCCC. The summed E-state index contributed by atoms with van der Waals surface area (Å²) >= 11 is 0. The van der Waals surface area contributed by atoms with Crippen molar-refractivity contribution in [1.29, 1.82) is 0 Å². The van der Waals surface area contributed by atoms with E-state index in [0.717, 1.165) is 37.1 Å². The van der Waals surface area contributed by atoms with Gasteiger partial charge in [-0.2, -0.15) is 0 Å². The van der Waals surface area contributed by atoms with Gasteiger partial charge in [-0.25, -0.2) is 4.39 Å². The van der Waals surface area contributed by atoms with Crippen molar-refractivity contribution in [1.82, 2.24) is 5.32 Å². The van der Waals surface area contributed by atoms with Gasteiger partial charge in [0.1, 0.15) is 11.6 Å². The molecular formula is C15H22FNO. The number of halogens is 1. The molecule has 0 aliphatic carbocycles. The molecule has 0 saturated heterocycles. The molecule has 2 nitrogen and oxygen atoms in total. The van der Waals surface area contributed by atoms with Gasteiger partial charge in [0.25, 0.3) is 0 Å². The summed E-state index contributed by atoms with van der Waals surface area (Å²) in [6, 6.07) is 4.67. The predicted molar refractivity (Wildman–Crippen MR) is 73.3 cm³/mol. The van der Waals surface area contributed by atoms with Crippen LogP contribution in [0.5, 0.6) is 5.75 Å². The van der Waals surface area contributed by atoms with E-state index >= 15 is 0 Å². The third-order valence-electron chi connectivity index (χ3n) is 2.57. The van der Waals surface area contributed by atoms with E-state index in [4.69, 9.17) is 4.74 Å². The highest BCUT2D eigenvalue weighted by Crippen LogP contribution is 2.20. The maximum absolute atomic E-state index is 13.2. The molecule has 1 N–H and O–H groups in total. The molecule has 3 heteroatoms. The maximum atomic E-state index is 13.2. The second-order valence-corrected chi connectivity index (χ2v) is 4.21. The fraction of sp³-hybridized carbons (Fsp3) is 0.467. The lowest BCUT2D eigenvalue weighted by atomic mass is 10.2. The first kappa shape index (κ1) is 14.7. The van der Waals surface area contributed by atoms with E-state index in [9.17, 15) is 4.39 Å². The molecule has 0 heterocycles. The van der Waals surface area contributed by atoms with Gasteiger partial charge in [-0.3, -0.25) is 0 Å². The average Bonchev–Trinajstić information content (AvgIpc) is 2.37. The average molecular weight is 251 g/mol. The van der Waals surface area contributed by atoms with Gasteiger partial charge in [0, 0.05) is 12.1 Å². The van der Waals surface area contributed by atoms with Gasteiger partial charge in [-0.15, -0.1) is 6.58 Å². The largest absolute Gasteiger partial charge is 0.493 e. The van der Waals surface area contributed by atoms with Crippen LogP contribution in [0.4, 0.5) is 4.39 Å². The second kappa shape index (κ2) is 8.70. The van der Waals surface area contributed by atoms with Gasteiger partial charge in [0.05, 0.1) is 6.61 Å². The molecule has 1 aromatic carbocycles. The number of hydrogen-bond donors (Lipinski definition) is 1. The molecule has 0 unspecified atom stereocenters. The Bertz CT molecular complexity index is 366. The van der Waals surface area contributed by atoms with E-state index in [-0.39, 0.29) is 5.82 Å². The predicted octanol–water partition coefficient (Wildman–Crippen LogP) is 3.67. The molecule has 0 fully saturated rings. The molecule has 0 atom stereocenters. The summed E-state index contributed by atoms with van der Waals surface area (Å²) in [4.78, 5) is 0. The number of ether oxygens (including phenoxy) is 1. The van der Waals surface area contributed by atoms with Crippen LogP contribution in [0.15, 0.2) is 30.9 Å². The van der Waals surface area contributed by atoms with Gasteiger partial charge >= 0.3 is 0 Å². The number of hydrogen-bond acceptors (Lipinski definition) is 2. The fourth-order valence-corrected chi connectivity index (χ4v) is 1.64. The zero-order valence-corrected chi connectivity index (χ0v) is 11.0. The minimum Gasteiger partial charge on any atom is -0.493 e. The lowest BCUT2D eigenvalue weighted by Gasteiger charge is -2.12. The summed E-state index contributed by atoms with van der Waals surface area (Å²) < 4.78 is 18.9. The lowest BCUT2D eigenvalue weighted by Crippen LogP contribution is -2.15. The number of nitrogens with one attached hydrogen (secondary N) is 1. The Morgan fingerprint density at radius 3 is 3.00 bits per heavy atom. The number of benzene rings is 1. The Hall–Kier alpha value is -1.35. The highest BCUT2D eigenvalue weighted by molar-refractivity contribution is 5.33. The Morgan fingerprint density at radius 2 is 2.28 bits per heavy atom. The number of rotatable bonds is 9. The van der Waals surface area contributed by atoms with Crippen molar-refractivity contribution < 1.29 is 9.13 Å². The summed E-state index contributed by atoms with van der Waals surface area (Å²) in [5, 5.41) is 3.26. The van der Waals surface area contributed by atoms with Crippen LogP contribution < -0.4 is 10.1 Å². The lowest BCUT2D eigenvalue weighted by molar-refractivity contribution is 0.307. The Kier molecular flexibility index (Phi) is 7.11. The van der Waals surface area contributed by atoms with E-state index in [1.165, 1.54) is 12.1 Å². The van der Waals surface area contributed by atoms with Crippen LogP contribution in [-0.2, 0) is 6.54 Å². The van der Waals surface area contributed by atoms with Crippen LogP contribution >= 0.6 is 0 Å². The van der Waals surface area contributed by atoms with Gasteiger partial charge in [0.15, 0.2) is 0 Å². The molecule has 0 spiro atoms. The zero-order valence-electron chi connectivity index (χ0n) is 11.0. The molecule has 0 aliphatic heterocycles. The third-order valence-corrected chi connectivity index (χ3v) is 2.57. The van der Waals surface area contributed by atoms with Crippen molar-refractivity contribution in [2.45, 2.75) is 32.7 Å². The first-order chi connectivity index (χ1) is 8.77. The Labute approximate surface area is 109 Å². The van der Waals surface area contributed by atoms with Crippen molar-refractivity contribution >= 4 is 0 Å². The highest BCUT2D eigenvalue weighted by Gasteiger charge is 2.05. The summed E-state index contributed by atoms with van der Waals surface area (Å²) in [5.74, 6) is 0.547. The zero-order chi connectivity index (χ0) is 13.2. The van der Waals surface area contributed by atoms with Crippen molar-refractivity contribution in [3.63, 3.8) is 0 Å². The van der Waals surface area contributed by atoms with E-state index in [2.05, 4.69) is 18.8 Å². The summed E-state index contributed by atoms with van der Waals surface area (Å²) in [6.07, 6.45) is 4.80. The van der Waals surface area contributed by atoms with Crippen molar-refractivity contribution in [3.8, 4) is 5.75 Å². The van der Waals surface area contributed by atoms with Crippen LogP contribution in [-0.4, -0.2) is 13.2 Å². The van der Waals surface area contributed by atoms with E-state index < -0.39 is 0 Å². The van der Waals surface area contributed by atoms with Crippen LogP contribution in [0.2, 0.25) is 0 Å². The van der Waals surface area contributed by atoms with Crippen molar-refractivity contribution in [3.05, 3.63) is 42.2 Å². The summed E-state index contributed by atoms with van der Waals surface area (Å²) in [6.45, 7) is 7.97. The van der Waals surface area contributed by atoms with Crippen LogP contribution in [0, 0.1) is 5.82 Å². The van der Waals surface area contributed by atoms with Crippen molar-refractivity contribution in [2.24, 2.45) is 0 Å². The van der Waals surface area contributed by atoms with E-state index in [1.807, 2.05) is 6.08 Å². The molecule has 0 aliphatic rings. The number of unbranched alkanes of at least 4 members (excludes halogenated alkanes) is 1.